The Kier molecular flexibility index (Phi) is 6.73. The molecule has 2 amide bonds. The smallest absolute Gasteiger partial charge is 0.270 e. The highest BCUT2D eigenvalue weighted by atomic mass is 32.2. The van der Waals surface area contributed by atoms with Gasteiger partial charge in [-0.2, -0.15) is 0 Å². The number of nitrogens with zero attached hydrogens (tertiary/aromatic N) is 2. The molecule has 2 N–H and O–H groups in total. The molecule has 11 heteroatoms. The molecule has 0 radical (unpaired) electrons. The molecule has 170 valence electrons. The van der Waals surface area contributed by atoms with Crippen LogP contribution >= 0.6 is 0 Å². The first-order valence-electron chi connectivity index (χ1n) is 9.58. The normalized spacial score (nSPS) is 10.8. The molecular formula is C22H20N4O6S. The Hall–Kier alpha value is -4.25. The van der Waals surface area contributed by atoms with E-state index in [0.29, 0.717) is 11.3 Å². The second-order valence-corrected chi connectivity index (χ2v) is 8.82. The van der Waals surface area contributed by atoms with E-state index >= 15 is 0 Å². The van der Waals surface area contributed by atoms with Crippen molar-refractivity contribution in [3.05, 3.63) is 94.0 Å². The summed E-state index contributed by atoms with van der Waals surface area (Å²) in [6.07, 6.45) is 0. The molecule has 33 heavy (non-hydrogen) atoms. The van der Waals surface area contributed by atoms with E-state index in [0.717, 1.165) is 6.07 Å². The summed E-state index contributed by atoms with van der Waals surface area (Å²) >= 11 is 0. The van der Waals surface area contributed by atoms with Crippen LogP contribution in [0.5, 0.6) is 0 Å². The summed E-state index contributed by atoms with van der Waals surface area (Å²) in [4.78, 5) is 36.4. The van der Waals surface area contributed by atoms with Gasteiger partial charge >= 0.3 is 0 Å². The second kappa shape index (κ2) is 9.49. The maximum Gasteiger partial charge on any atom is 0.270 e. The number of amides is 2. The van der Waals surface area contributed by atoms with Gasteiger partial charge < -0.3 is 10.2 Å². The summed E-state index contributed by atoms with van der Waals surface area (Å²) in [5.74, 6) is -0.849. The van der Waals surface area contributed by atoms with Crippen molar-refractivity contribution in [1.82, 2.24) is 4.90 Å². The van der Waals surface area contributed by atoms with E-state index in [9.17, 15) is 28.1 Å². The zero-order valence-electron chi connectivity index (χ0n) is 17.7. The largest absolute Gasteiger partial charge is 0.345 e. The lowest BCUT2D eigenvalue weighted by atomic mass is 10.1. The van der Waals surface area contributed by atoms with Crippen LogP contribution in [0.15, 0.2) is 77.7 Å². The highest BCUT2D eigenvalue weighted by Crippen LogP contribution is 2.24. The summed E-state index contributed by atoms with van der Waals surface area (Å²) in [7, 11) is -0.993. The van der Waals surface area contributed by atoms with E-state index in [1.807, 2.05) is 0 Å². The molecule has 0 aliphatic carbocycles. The van der Waals surface area contributed by atoms with Crippen LogP contribution in [0, 0.1) is 10.1 Å². The molecule has 0 aliphatic rings. The summed E-state index contributed by atoms with van der Waals surface area (Å²) in [6.45, 7) is 0. The van der Waals surface area contributed by atoms with Gasteiger partial charge in [-0.1, -0.05) is 24.3 Å². The first-order valence-corrected chi connectivity index (χ1v) is 11.1. The van der Waals surface area contributed by atoms with Crippen molar-refractivity contribution in [2.45, 2.75) is 4.90 Å². The third-order valence-corrected chi connectivity index (χ3v) is 5.89. The Morgan fingerprint density at radius 3 is 2.33 bits per heavy atom. The van der Waals surface area contributed by atoms with E-state index in [1.165, 1.54) is 41.3 Å². The molecule has 0 unspecified atom stereocenters. The topological polar surface area (TPSA) is 139 Å². The van der Waals surface area contributed by atoms with E-state index in [-0.39, 0.29) is 27.7 Å². The van der Waals surface area contributed by atoms with Crippen molar-refractivity contribution < 1.29 is 22.9 Å². The standard InChI is InChI=1S/C22H20N4O6S/c1-25(2)22(28)15-7-5-8-16(13-15)23-21(27)19-11-3-4-12-20(19)24-33(31,32)18-10-6-9-17(14-18)26(29)30/h3-14,24H,1-2H3,(H,23,27). The second-order valence-electron chi connectivity index (χ2n) is 7.14. The molecule has 10 nitrogen and oxygen atoms in total. The first kappa shape index (κ1) is 23.4. The lowest BCUT2D eigenvalue weighted by molar-refractivity contribution is -0.385. The Labute approximate surface area is 190 Å². The van der Waals surface area contributed by atoms with Gasteiger partial charge in [-0.25, -0.2) is 8.42 Å². The van der Waals surface area contributed by atoms with Crippen LogP contribution in [0.25, 0.3) is 0 Å². The molecular weight excluding hydrogens is 448 g/mol. The third-order valence-electron chi connectivity index (χ3n) is 4.53. The van der Waals surface area contributed by atoms with Crippen LogP contribution in [-0.2, 0) is 10.0 Å². The number of hydrogen-bond acceptors (Lipinski definition) is 6. The fourth-order valence-corrected chi connectivity index (χ4v) is 4.04. The maximum absolute atomic E-state index is 12.9. The minimum Gasteiger partial charge on any atom is -0.345 e. The lowest BCUT2D eigenvalue weighted by Crippen LogP contribution is -2.22. The lowest BCUT2D eigenvalue weighted by Gasteiger charge is -2.14. The van der Waals surface area contributed by atoms with Crippen molar-refractivity contribution in [1.29, 1.82) is 0 Å². The van der Waals surface area contributed by atoms with E-state index in [2.05, 4.69) is 10.0 Å². The van der Waals surface area contributed by atoms with E-state index < -0.39 is 20.9 Å². The SMILES string of the molecule is CN(C)C(=O)c1cccc(NC(=O)c2ccccc2NS(=O)(=O)c2cccc([N+](=O)[O-])c2)c1. The number of carbonyl (C=O) groups is 2. The van der Waals surface area contributed by atoms with Crippen LogP contribution < -0.4 is 10.0 Å². The molecule has 3 aromatic carbocycles. The number of rotatable bonds is 7. The average Bonchev–Trinajstić information content (AvgIpc) is 2.78. The number of carbonyl (C=O) groups excluding carboxylic acids is 2. The Bertz CT molecular complexity index is 1340. The third kappa shape index (κ3) is 5.52. The minimum atomic E-state index is -4.21. The Balaban J connectivity index is 1.87. The zero-order chi connectivity index (χ0) is 24.2. The molecule has 3 aromatic rings. The number of benzene rings is 3. The summed E-state index contributed by atoms with van der Waals surface area (Å²) in [6, 6.07) is 16.8. The molecule has 0 saturated heterocycles. The zero-order valence-corrected chi connectivity index (χ0v) is 18.5. The molecule has 0 atom stereocenters. The van der Waals surface area contributed by atoms with Gasteiger partial charge in [0.25, 0.3) is 27.5 Å². The van der Waals surface area contributed by atoms with Gasteiger partial charge in [-0.05, 0) is 36.4 Å². The molecule has 0 aromatic heterocycles. The number of sulfonamides is 1. The van der Waals surface area contributed by atoms with Gasteiger partial charge in [0.15, 0.2) is 0 Å². The summed E-state index contributed by atoms with van der Waals surface area (Å²) in [5, 5.41) is 13.6. The van der Waals surface area contributed by atoms with Crippen molar-refractivity contribution in [2.75, 3.05) is 24.1 Å². The van der Waals surface area contributed by atoms with Crippen LogP contribution in [-0.4, -0.2) is 44.2 Å². The summed E-state index contributed by atoms with van der Waals surface area (Å²) < 4.78 is 27.9. The fourth-order valence-electron chi connectivity index (χ4n) is 2.92. The molecule has 0 spiro atoms. The number of nitro groups is 1. The Morgan fingerprint density at radius 1 is 0.939 bits per heavy atom. The molecule has 0 aliphatic heterocycles. The number of anilines is 2. The van der Waals surface area contributed by atoms with Crippen LogP contribution in [0.3, 0.4) is 0 Å². The van der Waals surface area contributed by atoms with Gasteiger partial charge in [-0.3, -0.25) is 24.4 Å². The van der Waals surface area contributed by atoms with Crippen LogP contribution in [0.1, 0.15) is 20.7 Å². The van der Waals surface area contributed by atoms with Gasteiger partial charge in [0.05, 0.1) is 21.1 Å². The predicted octanol–water partition coefficient (Wildman–Crippen LogP) is 3.35. The first-order chi connectivity index (χ1) is 15.6. The molecule has 0 heterocycles. The van der Waals surface area contributed by atoms with Gasteiger partial charge in [0.1, 0.15) is 0 Å². The van der Waals surface area contributed by atoms with Gasteiger partial charge in [0, 0.05) is 37.5 Å². The van der Waals surface area contributed by atoms with E-state index in [4.69, 9.17) is 0 Å². The Morgan fingerprint density at radius 2 is 1.64 bits per heavy atom. The van der Waals surface area contributed by atoms with Crippen molar-refractivity contribution >= 4 is 38.9 Å². The molecule has 0 saturated carbocycles. The number of hydrogen-bond donors (Lipinski definition) is 2. The average molecular weight is 468 g/mol. The van der Waals surface area contributed by atoms with Crippen LogP contribution in [0.2, 0.25) is 0 Å². The summed E-state index contributed by atoms with van der Waals surface area (Å²) in [5.41, 5.74) is 0.357. The number of nitrogens with one attached hydrogen (secondary N) is 2. The van der Waals surface area contributed by atoms with Gasteiger partial charge in [0.2, 0.25) is 0 Å². The van der Waals surface area contributed by atoms with Gasteiger partial charge in [-0.15, -0.1) is 0 Å². The highest BCUT2D eigenvalue weighted by molar-refractivity contribution is 7.92. The number of nitro benzene ring substituents is 1. The molecule has 3 rings (SSSR count). The van der Waals surface area contributed by atoms with Crippen molar-refractivity contribution in [3.8, 4) is 0 Å². The minimum absolute atomic E-state index is 0.0120. The highest BCUT2D eigenvalue weighted by Gasteiger charge is 2.21. The van der Waals surface area contributed by atoms with Crippen molar-refractivity contribution in [2.24, 2.45) is 0 Å². The van der Waals surface area contributed by atoms with E-state index in [1.54, 1.807) is 44.4 Å². The maximum atomic E-state index is 12.9. The van der Waals surface area contributed by atoms with Crippen LogP contribution in [0.4, 0.5) is 17.1 Å². The predicted molar refractivity (Wildman–Crippen MR) is 123 cm³/mol. The fraction of sp³-hybridized carbons (Fsp3) is 0.0909. The number of para-hydroxylation sites is 1. The monoisotopic (exact) mass is 468 g/mol. The molecule has 0 bridgehead atoms. The molecule has 0 fully saturated rings. The van der Waals surface area contributed by atoms with Crippen molar-refractivity contribution in [3.63, 3.8) is 0 Å². The number of non-ortho nitro benzene ring substituents is 1. The quantitative estimate of drug-likeness (QED) is 0.403.